The van der Waals surface area contributed by atoms with Gasteiger partial charge in [-0.05, 0) is 30.7 Å². The van der Waals surface area contributed by atoms with E-state index in [1.807, 2.05) is 37.3 Å². The van der Waals surface area contributed by atoms with E-state index in [9.17, 15) is 9.59 Å². The Morgan fingerprint density at radius 3 is 2.57 bits per heavy atom. The number of benzene rings is 1. The lowest BCUT2D eigenvalue weighted by Crippen LogP contribution is -2.15. The van der Waals surface area contributed by atoms with E-state index in [1.54, 1.807) is 6.08 Å². The second kappa shape index (κ2) is 5.88. The monoisotopic (exact) mass is 306 g/mol. The van der Waals surface area contributed by atoms with Crippen LogP contribution in [-0.2, 0) is 0 Å². The molecule has 0 atom stereocenters. The molecule has 0 aliphatic heterocycles. The molecule has 0 saturated heterocycles. The van der Waals surface area contributed by atoms with E-state index < -0.39 is 5.97 Å². The summed E-state index contributed by atoms with van der Waals surface area (Å²) >= 11 is 0. The van der Waals surface area contributed by atoms with Crippen LogP contribution in [-0.4, -0.2) is 20.5 Å². The van der Waals surface area contributed by atoms with E-state index in [1.165, 1.54) is 34.4 Å². The van der Waals surface area contributed by atoms with Crippen molar-refractivity contribution in [2.45, 2.75) is 6.92 Å². The standard InChI is InChI=1S/C18H14N2O3/c1-12-2-4-13(5-3-12)6-8-15-10-17(21)20-11-14(18(22)23)7-9-16(20)19-15/h2-11H,1H3,(H,22,23). The molecule has 0 spiro atoms. The van der Waals surface area contributed by atoms with Crippen molar-refractivity contribution in [1.82, 2.24) is 9.38 Å². The fourth-order valence-electron chi connectivity index (χ4n) is 2.19. The lowest BCUT2D eigenvalue weighted by Gasteiger charge is -2.02. The Hall–Kier alpha value is -3.21. The Labute approximate surface area is 132 Å². The van der Waals surface area contributed by atoms with Gasteiger partial charge in [0.05, 0.1) is 11.3 Å². The highest BCUT2D eigenvalue weighted by Crippen LogP contribution is 2.09. The van der Waals surface area contributed by atoms with Crippen LogP contribution in [0.15, 0.2) is 53.5 Å². The Morgan fingerprint density at radius 1 is 1.13 bits per heavy atom. The van der Waals surface area contributed by atoms with Gasteiger partial charge in [-0.2, -0.15) is 0 Å². The van der Waals surface area contributed by atoms with Crippen molar-refractivity contribution in [3.63, 3.8) is 0 Å². The number of carbonyl (C=O) groups is 1. The average Bonchev–Trinajstić information content (AvgIpc) is 2.54. The molecule has 0 radical (unpaired) electrons. The van der Waals surface area contributed by atoms with Crippen LogP contribution in [0.25, 0.3) is 17.8 Å². The molecule has 0 fully saturated rings. The molecular formula is C18H14N2O3. The number of aryl methyl sites for hydroxylation is 1. The SMILES string of the molecule is Cc1ccc(C=Cc2cc(=O)n3cc(C(=O)O)ccc3n2)cc1. The Bertz CT molecular complexity index is 970. The molecule has 0 aliphatic carbocycles. The molecule has 0 unspecified atom stereocenters. The Balaban J connectivity index is 1.99. The van der Waals surface area contributed by atoms with E-state index in [-0.39, 0.29) is 11.1 Å². The number of rotatable bonds is 3. The van der Waals surface area contributed by atoms with Gasteiger partial charge in [-0.1, -0.05) is 35.9 Å². The summed E-state index contributed by atoms with van der Waals surface area (Å²) in [5.74, 6) is -1.08. The van der Waals surface area contributed by atoms with Gasteiger partial charge in [0.1, 0.15) is 5.65 Å². The van der Waals surface area contributed by atoms with Crippen LogP contribution < -0.4 is 5.56 Å². The van der Waals surface area contributed by atoms with Gasteiger partial charge in [-0.25, -0.2) is 9.78 Å². The topological polar surface area (TPSA) is 71.7 Å². The molecule has 1 aromatic carbocycles. The first-order valence-electron chi connectivity index (χ1n) is 7.04. The number of hydrogen-bond acceptors (Lipinski definition) is 3. The molecule has 0 saturated carbocycles. The summed E-state index contributed by atoms with van der Waals surface area (Å²) in [6, 6.07) is 12.3. The first-order chi connectivity index (χ1) is 11.0. The van der Waals surface area contributed by atoms with E-state index >= 15 is 0 Å². The number of nitrogens with zero attached hydrogens (tertiary/aromatic N) is 2. The summed E-state index contributed by atoms with van der Waals surface area (Å²) in [6.07, 6.45) is 4.92. The van der Waals surface area contributed by atoms with Crippen LogP contribution in [0.3, 0.4) is 0 Å². The molecule has 2 aromatic heterocycles. The van der Waals surface area contributed by atoms with Gasteiger partial charge in [0, 0.05) is 12.3 Å². The van der Waals surface area contributed by atoms with Gasteiger partial charge >= 0.3 is 5.97 Å². The number of carboxylic acid groups (broad SMARTS) is 1. The zero-order valence-corrected chi connectivity index (χ0v) is 12.4. The van der Waals surface area contributed by atoms with E-state index in [2.05, 4.69) is 4.98 Å². The molecular weight excluding hydrogens is 292 g/mol. The van der Waals surface area contributed by atoms with Crippen LogP contribution >= 0.6 is 0 Å². The summed E-state index contributed by atoms with van der Waals surface area (Å²) in [7, 11) is 0. The molecule has 0 bridgehead atoms. The molecule has 1 N–H and O–H groups in total. The van der Waals surface area contributed by atoms with Crippen molar-refractivity contribution < 1.29 is 9.90 Å². The lowest BCUT2D eigenvalue weighted by atomic mass is 10.1. The van der Waals surface area contributed by atoms with Crippen LogP contribution in [0, 0.1) is 6.92 Å². The van der Waals surface area contributed by atoms with Gasteiger partial charge in [-0.3, -0.25) is 9.20 Å². The summed E-state index contributed by atoms with van der Waals surface area (Å²) < 4.78 is 1.23. The molecule has 3 rings (SSSR count). The fraction of sp³-hybridized carbons (Fsp3) is 0.0556. The normalized spacial score (nSPS) is 11.2. The van der Waals surface area contributed by atoms with Crippen LogP contribution in [0.5, 0.6) is 0 Å². The predicted molar refractivity (Wildman–Crippen MR) is 88.5 cm³/mol. The third-order valence-electron chi connectivity index (χ3n) is 3.45. The number of carboxylic acids is 1. The molecule has 3 aromatic rings. The minimum absolute atomic E-state index is 0.0457. The van der Waals surface area contributed by atoms with Crippen molar-refractivity contribution in [3.8, 4) is 0 Å². The average molecular weight is 306 g/mol. The van der Waals surface area contributed by atoms with Crippen molar-refractivity contribution in [1.29, 1.82) is 0 Å². The molecule has 5 nitrogen and oxygen atoms in total. The lowest BCUT2D eigenvalue weighted by molar-refractivity contribution is 0.0696. The number of aromatic nitrogens is 2. The van der Waals surface area contributed by atoms with Crippen molar-refractivity contribution >= 4 is 23.8 Å². The minimum atomic E-state index is -1.08. The molecule has 114 valence electrons. The highest BCUT2D eigenvalue weighted by atomic mass is 16.4. The second-order valence-corrected chi connectivity index (χ2v) is 5.21. The van der Waals surface area contributed by atoms with Gasteiger partial charge in [0.15, 0.2) is 0 Å². The molecule has 0 amide bonds. The first-order valence-corrected chi connectivity index (χ1v) is 7.04. The largest absolute Gasteiger partial charge is 0.478 e. The third kappa shape index (κ3) is 3.18. The van der Waals surface area contributed by atoms with Gasteiger partial charge < -0.3 is 5.11 Å². The Kier molecular flexibility index (Phi) is 3.76. The highest BCUT2D eigenvalue weighted by Gasteiger charge is 2.06. The molecule has 2 heterocycles. The highest BCUT2D eigenvalue weighted by molar-refractivity contribution is 5.87. The van der Waals surface area contributed by atoms with Crippen molar-refractivity contribution in [3.05, 3.63) is 81.4 Å². The smallest absolute Gasteiger partial charge is 0.337 e. The number of fused-ring (bicyclic) bond motifs is 1. The van der Waals surface area contributed by atoms with Crippen molar-refractivity contribution in [2.24, 2.45) is 0 Å². The van der Waals surface area contributed by atoms with Crippen LogP contribution in [0.2, 0.25) is 0 Å². The maximum Gasteiger partial charge on any atom is 0.337 e. The second-order valence-electron chi connectivity index (χ2n) is 5.21. The van der Waals surface area contributed by atoms with E-state index in [0.29, 0.717) is 11.3 Å². The maximum atomic E-state index is 12.1. The zero-order chi connectivity index (χ0) is 16.4. The number of hydrogen-bond donors (Lipinski definition) is 1. The van der Waals surface area contributed by atoms with Crippen molar-refractivity contribution in [2.75, 3.05) is 0 Å². The van der Waals surface area contributed by atoms with E-state index in [0.717, 1.165) is 5.56 Å². The minimum Gasteiger partial charge on any atom is -0.478 e. The fourth-order valence-corrected chi connectivity index (χ4v) is 2.19. The quantitative estimate of drug-likeness (QED) is 0.807. The third-order valence-corrected chi connectivity index (χ3v) is 3.45. The van der Waals surface area contributed by atoms with Gasteiger partial charge in [0.2, 0.25) is 0 Å². The zero-order valence-electron chi connectivity index (χ0n) is 12.4. The molecule has 5 heteroatoms. The van der Waals surface area contributed by atoms with E-state index in [4.69, 9.17) is 5.11 Å². The summed E-state index contributed by atoms with van der Waals surface area (Å²) in [6.45, 7) is 2.02. The molecule has 23 heavy (non-hydrogen) atoms. The van der Waals surface area contributed by atoms with Gasteiger partial charge in [-0.15, -0.1) is 0 Å². The summed E-state index contributed by atoms with van der Waals surface area (Å²) in [4.78, 5) is 27.4. The Morgan fingerprint density at radius 2 is 1.87 bits per heavy atom. The summed E-state index contributed by atoms with van der Waals surface area (Å²) in [5.41, 5.74) is 2.85. The van der Waals surface area contributed by atoms with Gasteiger partial charge in [0.25, 0.3) is 5.56 Å². The number of aromatic carboxylic acids is 1. The maximum absolute atomic E-state index is 12.1. The number of pyridine rings is 1. The van der Waals surface area contributed by atoms with Crippen LogP contribution in [0.1, 0.15) is 27.2 Å². The first kappa shape index (κ1) is 14.7. The predicted octanol–water partition coefficient (Wildman–Crippen LogP) is 2.87. The molecule has 0 aliphatic rings. The van der Waals surface area contributed by atoms with Crippen LogP contribution in [0.4, 0.5) is 0 Å². The summed E-state index contributed by atoms with van der Waals surface area (Å²) in [5, 5.41) is 8.97.